The molecule has 4 nitrogen and oxygen atoms in total. The van der Waals surface area contributed by atoms with Gasteiger partial charge in [0.1, 0.15) is 0 Å². The Morgan fingerprint density at radius 1 is 0.938 bits per heavy atom. The van der Waals surface area contributed by atoms with E-state index < -0.39 is 0 Å². The molecule has 0 saturated heterocycles. The second-order valence-electron chi connectivity index (χ2n) is 3.79. The molecule has 0 amide bonds. The fraction of sp³-hybridized carbons (Fsp3) is 1.00. The third kappa shape index (κ3) is 13.8. The number of aliphatic hydroxyl groups is 1. The molecule has 0 heterocycles. The molecule has 16 heavy (non-hydrogen) atoms. The quantitative estimate of drug-likeness (QED) is 0.568. The van der Waals surface area contributed by atoms with Gasteiger partial charge in [0, 0.05) is 19.6 Å². The zero-order valence-corrected chi connectivity index (χ0v) is 11.8. The highest BCUT2D eigenvalue weighted by Crippen LogP contribution is 1.88. The maximum atomic E-state index is 8.71. The molecule has 2 N–H and O–H groups in total. The third-order valence-electron chi connectivity index (χ3n) is 2.31. The molecule has 0 aliphatic carbocycles. The van der Waals surface area contributed by atoms with Gasteiger partial charge in [0.2, 0.25) is 0 Å². The van der Waals surface area contributed by atoms with E-state index in [1.807, 2.05) is 27.9 Å². The van der Waals surface area contributed by atoms with Crippen molar-refractivity contribution < 1.29 is 5.11 Å². The average molecular weight is 233 g/mol. The second-order valence-corrected chi connectivity index (χ2v) is 3.79. The van der Waals surface area contributed by atoms with Gasteiger partial charge < -0.3 is 20.2 Å². The summed E-state index contributed by atoms with van der Waals surface area (Å²) < 4.78 is 0. The van der Waals surface area contributed by atoms with Crippen molar-refractivity contribution in [3.8, 4) is 0 Å². The molecule has 100 valence electrons. The molecule has 0 aromatic heterocycles. The summed E-state index contributed by atoms with van der Waals surface area (Å²) in [7, 11) is 6.16. The molecule has 0 aliphatic rings. The number of hydrogen-bond acceptors (Lipinski definition) is 4. The summed E-state index contributed by atoms with van der Waals surface area (Å²) in [6, 6.07) is 0. The molecule has 0 bridgehead atoms. The molecule has 0 radical (unpaired) electrons. The monoisotopic (exact) mass is 233 g/mol. The van der Waals surface area contributed by atoms with Crippen LogP contribution in [0.3, 0.4) is 0 Å². The first kappa shape index (κ1) is 18.2. The average Bonchev–Trinajstić information content (AvgIpc) is 2.30. The van der Waals surface area contributed by atoms with Crippen molar-refractivity contribution in [3.63, 3.8) is 0 Å². The summed E-state index contributed by atoms with van der Waals surface area (Å²) in [4.78, 5) is 4.47. The summed E-state index contributed by atoms with van der Waals surface area (Å²) in [6.45, 7) is 9.33. The van der Waals surface area contributed by atoms with E-state index in [4.69, 9.17) is 5.11 Å². The molecule has 0 aromatic rings. The molecule has 4 heteroatoms. The third-order valence-corrected chi connectivity index (χ3v) is 2.31. The molecule has 0 unspecified atom stereocenters. The standard InChI is InChI=1S/C10H25N3O.C2H6/c1-11-5-4-6-12(2)7-8-13(3)9-10-14;1-2/h11,14H,4-10H2,1-3H3;1-2H3. The molecule has 0 saturated carbocycles. The lowest BCUT2D eigenvalue weighted by molar-refractivity contribution is 0.201. The van der Waals surface area contributed by atoms with Crippen LogP contribution in [0.1, 0.15) is 20.3 Å². The summed E-state index contributed by atoms with van der Waals surface area (Å²) in [6.07, 6.45) is 1.19. The highest BCUT2D eigenvalue weighted by molar-refractivity contribution is 4.57. The van der Waals surface area contributed by atoms with Crippen molar-refractivity contribution in [3.05, 3.63) is 0 Å². The Hall–Kier alpha value is -0.160. The largest absolute Gasteiger partial charge is 0.395 e. The lowest BCUT2D eigenvalue weighted by atomic mass is 10.4. The molecule has 0 fully saturated rings. The number of likely N-dealkylation sites (N-methyl/N-ethyl adjacent to an activating group) is 2. The first-order valence-corrected chi connectivity index (χ1v) is 6.33. The topological polar surface area (TPSA) is 38.7 Å². The molecular formula is C12H31N3O. The fourth-order valence-electron chi connectivity index (χ4n) is 1.26. The minimum Gasteiger partial charge on any atom is -0.395 e. The van der Waals surface area contributed by atoms with Crippen molar-refractivity contribution in [2.45, 2.75) is 20.3 Å². The Bertz CT molecular complexity index is 123. The van der Waals surface area contributed by atoms with E-state index in [9.17, 15) is 0 Å². The lowest BCUT2D eigenvalue weighted by Crippen LogP contribution is -2.33. The van der Waals surface area contributed by atoms with E-state index in [2.05, 4.69) is 22.2 Å². The Morgan fingerprint density at radius 2 is 1.44 bits per heavy atom. The smallest absolute Gasteiger partial charge is 0.0558 e. The van der Waals surface area contributed by atoms with E-state index >= 15 is 0 Å². The minimum absolute atomic E-state index is 0.250. The van der Waals surface area contributed by atoms with Gasteiger partial charge in [-0.05, 0) is 40.7 Å². The molecule has 0 aromatic carbocycles. The normalized spacial score (nSPS) is 10.5. The van der Waals surface area contributed by atoms with E-state index in [1.165, 1.54) is 6.42 Å². The fourth-order valence-corrected chi connectivity index (χ4v) is 1.26. The van der Waals surface area contributed by atoms with Gasteiger partial charge in [0.25, 0.3) is 0 Å². The Kier molecular flexibility index (Phi) is 16.9. The zero-order chi connectivity index (χ0) is 12.8. The summed E-state index contributed by atoms with van der Waals surface area (Å²) in [5.41, 5.74) is 0. The van der Waals surface area contributed by atoms with E-state index in [0.717, 1.165) is 32.7 Å². The van der Waals surface area contributed by atoms with Gasteiger partial charge in [0.05, 0.1) is 6.61 Å². The van der Waals surface area contributed by atoms with Crippen LogP contribution in [-0.2, 0) is 0 Å². The van der Waals surface area contributed by atoms with Gasteiger partial charge in [-0.3, -0.25) is 0 Å². The minimum atomic E-state index is 0.250. The first-order valence-electron chi connectivity index (χ1n) is 6.33. The zero-order valence-electron chi connectivity index (χ0n) is 11.8. The van der Waals surface area contributed by atoms with Crippen LogP contribution in [0.5, 0.6) is 0 Å². The van der Waals surface area contributed by atoms with Crippen LogP contribution in [-0.4, -0.2) is 75.4 Å². The molecule has 0 spiro atoms. The van der Waals surface area contributed by atoms with E-state index in [1.54, 1.807) is 0 Å². The lowest BCUT2D eigenvalue weighted by Gasteiger charge is -2.21. The van der Waals surface area contributed by atoms with E-state index in [-0.39, 0.29) is 6.61 Å². The van der Waals surface area contributed by atoms with Crippen LogP contribution in [0.25, 0.3) is 0 Å². The highest BCUT2D eigenvalue weighted by Gasteiger charge is 2.00. The molecule has 0 rings (SSSR count). The number of aliphatic hydroxyl groups excluding tert-OH is 1. The van der Waals surface area contributed by atoms with Crippen LogP contribution in [0, 0.1) is 0 Å². The maximum absolute atomic E-state index is 8.71. The Labute approximate surface area is 102 Å². The summed E-state index contributed by atoms with van der Waals surface area (Å²) in [5, 5.41) is 11.8. The van der Waals surface area contributed by atoms with Crippen LogP contribution in [0.15, 0.2) is 0 Å². The predicted molar refractivity (Wildman–Crippen MR) is 72.0 cm³/mol. The van der Waals surface area contributed by atoms with Gasteiger partial charge in [-0.2, -0.15) is 0 Å². The molecule has 0 aliphatic heterocycles. The van der Waals surface area contributed by atoms with Crippen molar-refractivity contribution in [2.24, 2.45) is 0 Å². The Morgan fingerprint density at radius 3 is 1.88 bits per heavy atom. The number of hydrogen-bond donors (Lipinski definition) is 2. The van der Waals surface area contributed by atoms with Gasteiger partial charge in [-0.15, -0.1) is 0 Å². The van der Waals surface area contributed by atoms with Gasteiger partial charge in [-0.25, -0.2) is 0 Å². The SMILES string of the molecule is CC.CNCCCN(C)CCN(C)CCO. The van der Waals surface area contributed by atoms with E-state index in [0.29, 0.717) is 0 Å². The van der Waals surface area contributed by atoms with Gasteiger partial charge >= 0.3 is 0 Å². The van der Waals surface area contributed by atoms with Crippen LogP contribution in [0.4, 0.5) is 0 Å². The second kappa shape index (κ2) is 14.8. The van der Waals surface area contributed by atoms with Crippen LogP contribution in [0.2, 0.25) is 0 Å². The molecule has 0 atom stereocenters. The number of nitrogens with one attached hydrogen (secondary N) is 1. The molecular weight excluding hydrogens is 202 g/mol. The van der Waals surface area contributed by atoms with Crippen LogP contribution < -0.4 is 5.32 Å². The summed E-state index contributed by atoms with van der Waals surface area (Å²) >= 11 is 0. The summed E-state index contributed by atoms with van der Waals surface area (Å²) in [5.74, 6) is 0. The Balaban J connectivity index is 0. The highest BCUT2D eigenvalue weighted by atomic mass is 16.3. The van der Waals surface area contributed by atoms with Gasteiger partial charge in [0.15, 0.2) is 0 Å². The van der Waals surface area contributed by atoms with Crippen molar-refractivity contribution in [2.75, 3.05) is 60.5 Å². The first-order chi connectivity index (χ1) is 7.70. The predicted octanol–water partition coefficient (Wildman–Crippen LogP) is 0.478. The maximum Gasteiger partial charge on any atom is 0.0558 e. The number of rotatable bonds is 9. The van der Waals surface area contributed by atoms with Crippen molar-refractivity contribution in [1.29, 1.82) is 0 Å². The van der Waals surface area contributed by atoms with Crippen LogP contribution >= 0.6 is 0 Å². The number of nitrogens with zero attached hydrogens (tertiary/aromatic N) is 2. The van der Waals surface area contributed by atoms with Crippen molar-refractivity contribution in [1.82, 2.24) is 15.1 Å². The van der Waals surface area contributed by atoms with Gasteiger partial charge in [-0.1, -0.05) is 13.8 Å². The van der Waals surface area contributed by atoms with Crippen molar-refractivity contribution >= 4 is 0 Å².